The van der Waals surface area contributed by atoms with E-state index in [0.717, 1.165) is 17.3 Å². The Morgan fingerprint density at radius 1 is 0.844 bits per heavy atom. The third-order valence-corrected chi connectivity index (χ3v) is 8.84. The molecule has 0 unspecified atom stereocenters. The molecule has 3 aromatic rings. The molecule has 4 heteroatoms. The molecule has 0 bridgehead atoms. The molecule has 2 nitrogen and oxygen atoms in total. The molecule has 3 aromatic carbocycles. The number of rotatable bonds is 11. The Morgan fingerprint density at radius 3 is 2.06 bits per heavy atom. The van der Waals surface area contributed by atoms with Crippen molar-refractivity contribution in [3.05, 3.63) is 113 Å². The predicted octanol–water partition coefficient (Wildman–Crippen LogP) is 4.77. The van der Waals surface area contributed by atoms with Gasteiger partial charge in [-0.3, -0.25) is 0 Å². The van der Waals surface area contributed by atoms with Gasteiger partial charge in [0.1, 0.15) is 0 Å². The van der Waals surface area contributed by atoms with Gasteiger partial charge in [-0.2, -0.15) is 0 Å². The Bertz CT molecular complexity index is 1010. The van der Waals surface area contributed by atoms with Gasteiger partial charge in [-0.05, 0) is 0 Å². The standard InChI is InChI=1S/C28H28O2Se2/c1-2-30-28(29)25(22-32-27-18-10-5-11-19-27)21-24(23-13-6-3-7-14-23)15-12-20-31-26-16-8-4-9-17-26/h3-11,13-19,22H,2,12,20-21H2,1H3/b24-15+,25-22-. The minimum atomic E-state index is -0.208. The van der Waals surface area contributed by atoms with Gasteiger partial charge in [0.15, 0.2) is 0 Å². The van der Waals surface area contributed by atoms with Gasteiger partial charge in [0.25, 0.3) is 0 Å². The van der Waals surface area contributed by atoms with Crippen molar-refractivity contribution >= 4 is 50.4 Å². The summed E-state index contributed by atoms with van der Waals surface area (Å²) in [5, 5.41) is 1.14. The molecule has 0 atom stereocenters. The molecule has 0 N–H and O–H groups in total. The van der Waals surface area contributed by atoms with Crippen molar-refractivity contribution in [1.82, 2.24) is 0 Å². The number of carbonyl (C=O) groups is 1. The second kappa shape index (κ2) is 13.9. The zero-order chi connectivity index (χ0) is 22.4. The van der Waals surface area contributed by atoms with Crippen molar-refractivity contribution < 1.29 is 9.53 Å². The van der Waals surface area contributed by atoms with Gasteiger partial charge in [-0.15, -0.1) is 0 Å². The molecule has 0 spiro atoms. The van der Waals surface area contributed by atoms with E-state index in [0.29, 0.717) is 28.0 Å². The molecular formula is C28H28O2Se2. The first-order chi connectivity index (χ1) is 15.8. The number of hydrogen-bond donors (Lipinski definition) is 0. The Morgan fingerprint density at radius 2 is 1.44 bits per heavy atom. The molecule has 0 saturated carbocycles. The molecule has 0 heterocycles. The van der Waals surface area contributed by atoms with Crippen LogP contribution in [-0.2, 0) is 9.53 Å². The molecular weight excluding hydrogens is 526 g/mol. The molecule has 0 amide bonds. The second-order valence-corrected chi connectivity index (χ2v) is 11.4. The van der Waals surface area contributed by atoms with E-state index in [1.807, 2.05) is 31.2 Å². The van der Waals surface area contributed by atoms with E-state index in [1.54, 1.807) is 0 Å². The first kappa shape index (κ1) is 24.3. The van der Waals surface area contributed by atoms with Gasteiger partial charge < -0.3 is 0 Å². The number of esters is 1. The van der Waals surface area contributed by atoms with Crippen LogP contribution in [0.2, 0.25) is 5.32 Å². The maximum absolute atomic E-state index is 12.7. The third kappa shape index (κ3) is 8.30. The average Bonchev–Trinajstić information content (AvgIpc) is 2.85. The van der Waals surface area contributed by atoms with Crippen molar-refractivity contribution in [3.8, 4) is 0 Å². The summed E-state index contributed by atoms with van der Waals surface area (Å²) >= 11 is 0.539. The molecule has 0 fully saturated rings. The van der Waals surface area contributed by atoms with Gasteiger partial charge in [-0.25, -0.2) is 0 Å². The van der Waals surface area contributed by atoms with Crippen LogP contribution in [0.25, 0.3) is 5.57 Å². The summed E-state index contributed by atoms with van der Waals surface area (Å²) in [6.45, 7) is 2.25. The molecule has 0 aromatic heterocycles. The summed E-state index contributed by atoms with van der Waals surface area (Å²) in [5.41, 5.74) is 3.11. The Hall–Kier alpha value is -2.35. The maximum atomic E-state index is 12.7. The van der Waals surface area contributed by atoms with Crippen LogP contribution in [0.1, 0.15) is 25.3 Å². The summed E-state index contributed by atoms with van der Waals surface area (Å²) < 4.78 is 8.06. The molecule has 0 aliphatic carbocycles. The van der Waals surface area contributed by atoms with Gasteiger partial charge in [0.2, 0.25) is 0 Å². The van der Waals surface area contributed by atoms with Crippen LogP contribution in [0.5, 0.6) is 0 Å². The topological polar surface area (TPSA) is 26.3 Å². The van der Waals surface area contributed by atoms with Gasteiger partial charge >= 0.3 is 205 Å². The van der Waals surface area contributed by atoms with Crippen molar-refractivity contribution in [2.75, 3.05) is 6.61 Å². The van der Waals surface area contributed by atoms with Crippen molar-refractivity contribution in [2.45, 2.75) is 25.1 Å². The second-order valence-electron chi connectivity index (χ2n) is 7.02. The van der Waals surface area contributed by atoms with E-state index in [1.165, 1.54) is 20.1 Å². The molecule has 0 aliphatic heterocycles. The first-order valence-electron chi connectivity index (χ1n) is 10.8. The monoisotopic (exact) mass is 556 g/mol. The third-order valence-electron chi connectivity index (χ3n) is 4.66. The molecule has 3 rings (SSSR count). The summed E-state index contributed by atoms with van der Waals surface area (Å²) in [6.07, 6.45) is 3.90. The quantitative estimate of drug-likeness (QED) is 0.148. The average molecular weight is 554 g/mol. The summed E-state index contributed by atoms with van der Waals surface area (Å²) in [5.74, 6) is -0.208. The van der Waals surface area contributed by atoms with Crippen molar-refractivity contribution in [2.24, 2.45) is 0 Å². The van der Waals surface area contributed by atoms with Gasteiger partial charge in [-0.1, -0.05) is 0 Å². The summed E-state index contributed by atoms with van der Waals surface area (Å²) in [7, 11) is 0. The van der Waals surface area contributed by atoms with Crippen LogP contribution in [0, 0.1) is 0 Å². The molecule has 0 aliphatic rings. The SMILES string of the molecule is CCOC(=O)/C(=C\[Se]c1ccccc1)C/C(=C\CC[Se]c1ccccc1)c1ccccc1. The van der Waals surface area contributed by atoms with E-state index >= 15 is 0 Å². The van der Waals surface area contributed by atoms with Crippen molar-refractivity contribution in [3.63, 3.8) is 0 Å². The molecule has 0 radical (unpaired) electrons. The van der Waals surface area contributed by atoms with Gasteiger partial charge in [0, 0.05) is 0 Å². The van der Waals surface area contributed by atoms with Crippen LogP contribution in [0.4, 0.5) is 0 Å². The fourth-order valence-electron chi connectivity index (χ4n) is 3.10. The van der Waals surface area contributed by atoms with Crippen molar-refractivity contribution in [1.29, 1.82) is 0 Å². The minimum absolute atomic E-state index is 0.0849. The van der Waals surface area contributed by atoms with E-state index < -0.39 is 0 Å². The Balaban J connectivity index is 1.77. The number of carbonyl (C=O) groups excluding carboxylic acids is 1. The summed E-state index contributed by atoms with van der Waals surface area (Å²) in [6, 6.07) is 31.4. The van der Waals surface area contributed by atoms with E-state index in [9.17, 15) is 4.79 Å². The van der Waals surface area contributed by atoms with Crippen LogP contribution in [-0.4, -0.2) is 42.5 Å². The normalized spacial score (nSPS) is 11.9. The van der Waals surface area contributed by atoms with Gasteiger partial charge in [0.05, 0.1) is 0 Å². The zero-order valence-corrected chi connectivity index (χ0v) is 21.7. The number of ether oxygens (including phenoxy) is 1. The molecule has 32 heavy (non-hydrogen) atoms. The van der Waals surface area contributed by atoms with Crippen LogP contribution in [0.3, 0.4) is 0 Å². The van der Waals surface area contributed by atoms with Crippen LogP contribution < -0.4 is 8.92 Å². The predicted molar refractivity (Wildman–Crippen MR) is 137 cm³/mol. The van der Waals surface area contributed by atoms with E-state index in [2.05, 4.69) is 77.8 Å². The molecule has 0 saturated heterocycles. The Kier molecular flexibility index (Phi) is 10.6. The number of benzene rings is 3. The number of hydrogen-bond acceptors (Lipinski definition) is 2. The summed E-state index contributed by atoms with van der Waals surface area (Å²) in [4.78, 5) is 14.8. The molecule has 164 valence electrons. The fourth-order valence-corrected chi connectivity index (χ4v) is 6.44. The van der Waals surface area contributed by atoms with Crippen LogP contribution in [0.15, 0.2) is 108 Å². The number of allylic oxidation sites excluding steroid dienone is 2. The zero-order valence-electron chi connectivity index (χ0n) is 18.3. The van der Waals surface area contributed by atoms with E-state index in [-0.39, 0.29) is 20.9 Å². The fraction of sp³-hybridized carbons (Fsp3) is 0.179. The van der Waals surface area contributed by atoms with Crippen LogP contribution >= 0.6 is 0 Å². The van der Waals surface area contributed by atoms with E-state index in [4.69, 9.17) is 4.74 Å². The first-order valence-corrected chi connectivity index (χ1v) is 14.7. The Labute approximate surface area is 204 Å².